The molecule has 28 heavy (non-hydrogen) atoms. The molecule has 1 fully saturated rings. The van der Waals surface area contributed by atoms with E-state index in [-0.39, 0.29) is 5.91 Å². The van der Waals surface area contributed by atoms with Gasteiger partial charge in [-0.3, -0.25) is 9.69 Å². The molecule has 1 aliphatic rings. The standard InChI is InChI=1S/C22H25N5O/c28-22(19-7-9-21(10-8-19)27-13-4-11-24-27)23-12-14-25-15-17-26(18-16-25)20-5-2-1-3-6-20/h1-11,13H,12,14-18H2,(H,23,28). The molecule has 2 heterocycles. The lowest BCUT2D eigenvalue weighted by molar-refractivity contribution is 0.0948. The predicted molar refractivity (Wildman–Crippen MR) is 111 cm³/mol. The number of para-hydroxylation sites is 1. The van der Waals surface area contributed by atoms with Gasteiger partial charge in [0.05, 0.1) is 5.69 Å². The highest BCUT2D eigenvalue weighted by atomic mass is 16.1. The molecule has 0 atom stereocenters. The SMILES string of the molecule is O=C(NCCN1CCN(c2ccccc2)CC1)c1ccc(-n2cccn2)cc1. The summed E-state index contributed by atoms with van der Waals surface area (Å²) in [5.74, 6) is -0.0325. The first-order valence-corrected chi connectivity index (χ1v) is 9.70. The van der Waals surface area contributed by atoms with Crippen molar-refractivity contribution in [3.63, 3.8) is 0 Å². The summed E-state index contributed by atoms with van der Waals surface area (Å²) in [6.45, 7) is 5.61. The zero-order valence-corrected chi connectivity index (χ0v) is 15.9. The van der Waals surface area contributed by atoms with Gasteiger partial charge in [0.1, 0.15) is 0 Å². The fourth-order valence-electron chi connectivity index (χ4n) is 3.49. The zero-order chi connectivity index (χ0) is 19.2. The number of aromatic nitrogens is 2. The highest BCUT2D eigenvalue weighted by Crippen LogP contribution is 2.15. The van der Waals surface area contributed by atoms with Gasteiger partial charge in [0.2, 0.25) is 0 Å². The van der Waals surface area contributed by atoms with Gasteiger partial charge in [-0.05, 0) is 42.5 Å². The fraction of sp³-hybridized carbons (Fsp3) is 0.273. The van der Waals surface area contributed by atoms with Crippen LogP contribution in [0.1, 0.15) is 10.4 Å². The van der Waals surface area contributed by atoms with Gasteiger partial charge in [0.15, 0.2) is 0 Å². The van der Waals surface area contributed by atoms with Crippen LogP contribution >= 0.6 is 0 Å². The Bertz CT molecular complexity index is 869. The lowest BCUT2D eigenvalue weighted by Gasteiger charge is -2.36. The van der Waals surface area contributed by atoms with Gasteiger partial charge in [-0.2, -0.15) is 5.10 Å². The summed E-state index contributed by atoms with van der Waals surface area (Å²) < 4.78 is 1.77. The Morgan fingerprint density at radius 3 is 2.32 bits per heavy atom. The van der Waals surface area contributed by atoms with Crippen molar-refractivity contribution in [1.29, 1.82) is 0 Å². The molecule has 3 aromatic rings. The molecule has 1 aromatic heterocycles. The number of carbonyl (C=O) groups is 1. The quantitative estimate of drug-likeness (QED) is 0.719. The summed E-state index contributed by atoms with van der Waals surface area (Å²) >= 11 is 0. The van der Waals surface area contributed by atoms with E-state index in [9.17, 15) is 4.79 Å². The minimum atomic E-state index is -0.0325. The topological polar surface area (TPSA) is 53.4 Å². The molecule has 0 bridgehead atoms. The Morgan fingerprint density at radius 1 is 0.893 bits per heavy atom. The van der Waals surface area contributed by atoms with E-state index in [1.807, 2.05) is 42.6 Å². The normalized spacial score (nSPS) is 14.8. The number of nitrogens with zero attached hydrogens (tertiary/aromatic N) is 4. The Balaban J connectivity index is 1.21. The minimum absolute atomic E-state index is 0.0325. The Kier molecular flexibility index (Phi) is 5.68. The summed E-state index contributed by atoms with van der Waals surface area (Å²) in [7, 11) is 0. The Labute approximate surface area is 165 Å². The van der Waals surface area contributed by atoms with Crippen LogP contribution in [0.3, 0.4) is 0 Å². The van der Waals surface area contributed by atoms with Crippen LogP contribution in [0.25, 0.3) is 5.69 Å². The van der Waals surface area contributed by atoms with E-state index in [1.54, 1.807) is 10.9 Å². The molecule has 144 valence electrons. The molecule has 1 amide bonds. The van der Waals surface area contributed by atoms with Crippen LogP contribution in [0.5, 0.6) is 0 Å². The first-order chi connectivity index (χ1) is 13.8. The second-order valence-electron chi connectivity index (χ2n) is 6.92. The maximum atomic E-state index is 12.4. The summed E-state index contributed by atoms with van der Waals surface area (Å²) in [5.41, 5.74) is 2.90. The molecule has 0 radical (unpaired) electrons. The molecule has 2 aromatic carbocycles. The van der Waals surface area contributed by atoms with Gasteiger partial charge >= 0.3 is 0 Å². The molecule has 6 heteroatoms. The van der Waals surface area contributed by atoms with E-state index in [4.69, 9.17) is 0 Å². The summed E-state index contributed by atoms with van der Waals surface area (Å²) in [6, 6.07) is 19.9. The number of amides is 1. The minimum Gasteiger partial charge on any atom is -0.369 e. The predicted octanol–water partition coefficient (Wildman–Crippen LogP) is 2.42. The third-order valence-electron chi connectivity index (χ3n) is 5.11. The number of benzene rings is 2. The van der Waals surface area contributed by atoms with Crippen LogP contribution in [0.2, 0.25) is 0 Å². The molecule has 0 spiro atoms. The second kappa shape index (κ2) is 8.71. The van der Waals surface area contributed by atoms with Crippen molar-refractivity contribution >= 4 is 11.6 Å². The van der Waals surface area contributed by atoms with Crippen molar-refractivity contribution in [2.45, 2.75) is 0 Å². The zero-order valence-electron chi connectivity index (χ0n) is 15.9. The third-order valence-corrected chi connectivity index (χ3v) is 5.11. The maximum Gasteiger partial charge on any atom is 0.251 e. The van der Waals surface area contributed by atoms with Crippen molar-refractivity contribution in [2.75, 3.05) is 44.2 Å². The van der Waals surface area contributed by atoms with E-state index in [2.05, 4.69) is 44.5 Å². The van der Waals surface area contributed by atoms with E-state index >= 15 is 0 Å². The molecule has 0 aliphatic carbocycles. The van der Waals surface area contributed by atoms with Crippen LogP contribution in [0, 0.1) is 0 Å². The lowest BCUT2D eigenvalue weighted by atomic mass is 10.2. The first-order valence-electron chi connectivity index (χ1n) is 9.70. The smallest absolute Gasteiger partial charge is 0.251 e. The van der Waals surface area contributed by atoms with Crippen LogP contribution in [0.15, 0.2) is 73.1 Å². The molecule has 1 saturated heterocycles. The molecular weight excluding hydrogens is 350 g/mol. The number of rotatable bonds is 6. The van der Waals surface area contributed by atoms with Crippen molar-refractivity contribution < 1.29 is 4.79 Å². The van der Waals surface area contributed by atoms with E-state index in [0.717, 1.165) is 38.4 Å². The number of piperazine rings is 1. The molecule has 4 rings (SSSR count). The number of nitrogens with one attached hydrogen (secondary N) is 1. The molecule has 0 unspecified atom stereocenters. The van der Waals surface area contributed by atoms with Gasteiger partial charge < -0.3 is 10.2 Å². The maximum absolute atomic E-state index is 12.4. The fourth-order valence-corrected chi connectivity index (χ4v) is 3.49. The lowest BCUT2D eigenvalue weighted by Crippen LogP contribution is -2.48. The Hall–Kier alpha value is -3.12. The molecule has 1 N–H and O–H groups in total. The summed E-state index contributed by atoms with van der Waals surface area (Å²) in [4.78, 5) is 17.2. The first kappa shape index (κ1) is 18.3. The highest BCUT2D eigenvalue weighted by Gasteiger charge is 2.17. The van der Waals surface area contributed by atoms with Gasteiger partial charge in [0.25, 0.3) is 5.91 Å². The van der Waals surface area contributed by atoms with Gasteiger partial charge in [0, 0.05) is 62.9 Å². The van der Waals surface area contributed by atoms with Crippen LogP contribution < -0.4 is 10.2 Å². The van der Waals surface area contributed by atoms with Crippen molar-refractivity contribution in [3.8, 4) is 5.69 Å². The van der Waals surface area contributed by atoms with Gasteiger partial charge in [-0.25, -0.2) is 4.68 Å². The van der Waals surface area contributed by atoms with Crippen molar-refractivity contribution in [2.24, 2.45) is 0 Å². The Morgan fingerprint density at radius 2 is 1.64 bits per heavy atom. The average Bonchev–Trinajstić information content (AvgIpc) is 3.30. The molecule has 6 nitrogen and oxygen atoms in total. The molecule has 0 saturated carbocycles. The largest absolute Gasteiger partial charge is 0.369 e. The number of carbonyl (C=O) groups excluding carboxylic acids is 1. The second-order valence-corrected chi connectivity index (χ2v) is 6.92. The molecule has 1 aliphatic heterocycles. The van der Waals surface area contributed by atoms with Crippen molar-refractivity contribution in [3.05, 3.63) is 78.6 Å². The van der Waals surface area contributed by atoms with Gasteiger partial charge in [-0.1, -0.05) is 18.2 Å². The molecular formula is C22H25N5O. The van der Waals surface area contributed by atoms with Gasteiger partial charge in [-0.15, -0.1) is 0 Å². The third kappa shape index (κ3) is 4.40. The van der Waals surface area contributed by atoms with Crippen LogP contribution in [0.4, 0.5) is 5.69 Å². The average molecular weight is 375 g/mol. The monoisotopic (exact) mass is 375 g/mol. The number of anilines is 1. The van der Waals surface area contributed by atoms with Crippen molar-refractivity contribution in [1.82, 2.24) is 20.0 Å². The van der Waals surface area contributed by atoms with E-state index < -0.39 is 0 Å². The number of hydrogen-bond acceptors (Lipinski definition) is 4. The van der Waals surface area contributed by atoms with Crippen LogP contribution in [-0.4, -0.2) is 59.9 Å². The van der Waals surface area contributed by atoms with Crippen LogP contribution in [-0.2, 0) is 0 Å². The van der Waals surface area contributed by atoms with E-state index in [1.165, 1.54) is 5.69 Å². The summed E-state index contributed by atoms with van der Waals surface area (Å²) in [5, 5.41) is 7.22. The number of hydrogen-bond donors (Lipinski definition) is 1. The highest BCUT2D eigenvalue weighted by molar-refractivity contribution is 5.94. The van der Waals surface area contributed by atoms with E-state index in [0.29, 0.717) is 12.1 Å². The summed E-state index contributed by atoms with van der Waals surface area (Å²) in [6.07, 6.45) is 3.62.